The van der Waals surface area contributed by atoms with Gasteiger partial charge in [-0.25, -0.2) is 4.98 Å². The molecule has 1 saturated carbocycles. The lowest BCUT2D eigenvalue weighted by molar-refractivity contribution is -0.117. The quantitative estimate of drug-likeness (QED) is 0.790. The Hall–Kier alpha value is -1.92. The molecule has 26 heavy (non-hydrogen) atoms. The van der Waals surface area contributed by atoms with Crippen molar-refractivity contribution in [2.24, 2.45) is 5.92 Å². The van der Waals surface area contributed by atoms with E-state index in [-0.39, 0.29) is 18.4 Å². The van der Waals surface area contributed by atoms with Gasteiger partial charge in [0, 0.05) is 28.7 Å². The predicted octanol–water partition coefficient (Wildman–Crippen LogP) is 4.46. The summed E-state index contributed by atoms with van der Waals surface area (Å²) in [6.07, 6.45) is 7.48. The summed E-state index contributed by atoms with van der Waals surface area (Å²) in [4.78, 5) is 31.1. The second-order valence-electron chi connectivity index (χ2n) is 6.59. The number of aromatic nitrogens is 1. The van der Waals surface area contributed by atoms with E-state index in [9.17, 15) is 9.59 Å². The molecular weight excluding hydrogens is 370 g/mol. The number of halogens is 1. The van der Waals surface area contributed by atoms with Crippen molar-refractivity contribution in [1.82, 2.24) is 9.88 Å². The Morgan fingerprint density at radius 1 is 1.27 bits per heavy atom. The first-order valence-electron chi connectivity index (χ1n) is 8.86. The number of nitrogens with zero attached hydrogens (tertiary/aromatic N) is 2. The molecule has 1 aromatic heterocycles. The second kappa shape index (κ2) is 9.14. The average Bonchev–Trinajstić information content (AvgIpc) is 3.14. The number of hydrogen-bond donors (Lipinski definition) is 1. The van der Waals surface area contributed by atoms with Crippen LogP contribution in [0.1, 0.15) is 42.5 Å². The first-order valence-corrected chi connectivity index (χ1v) is 10.1. The molecule has 1 aliphatic rings. The van der Waals surface area contributed by atoms with Crippen molar-refractivity contribution >= 4 is 39.9 Å². The highest BCUT2D eigenvalue weighted by atomic mass is 35.5. The van der Waals surface area contributed by atoms with Gasteiger partial charge in [0.15, 0.2) is 5.13 Å². The van der Waals surface area contributed by atoms with Crippen molar-refractivity contribution in [3.05, 3.63) is 46.4 Å². The SMILES string of the molecule is O=C(CN(CC1CCCCC1)C(=O)c1cccc(Cl)c1)Nc1nccs1. The number of thiazole rings is 1. The number of rotatable bonds is 6. The molecule has 1 aromatic carbocycles. The molecule has 1 fully saturated rings. The smallest absolute Gasteiger partial charge is 0.254 e. The van der Waals surface area contributed by atoms with Gasteiger partial charge >= 0.3 is 0 Å². The molecule has 0 atom stereocenters. The van der Waals surface area contributed by atoms with Crippen LogP contribution >= 0.6 is 22.9 Å². The van der Waals surface area contributed by atoms with E-state index in [1.54, 1.807) is 40.7 Å². The highest BCUT2D eigenvalue weighted by Crippen LogP contribution is 2.25. The summed E-state index contributed by atoms with van der Waals surface area (Å²) in [6.45, 7) is 0.609. The largest absolute Gasteiger partial charge is 0.329 e. The van der Waals surface area contributed by atoms with Gasteiger partial charge in [-0.2, -0.15) is 0 Å². The minimum atomic E-state index is -0.230. The monoisotopic (exact) mass is 391 g/mol. The zero-order valence-corrected chi connectivity index (χ0v) is 16.1. The van der Waals surface area contributed by atoms with Gasteiger partial charge in [-0.05, 0) is 37.0 Å². The molecule has 5 nitrogen and oxygen atoms in total. The molecule has 0 aliphatic heterocycles. The summed E-state index contributed by atoms with van der Waals surface area (Å²) in [5.74, 6) is 0.0537. The summed E-state index contributed by atoms with van der Waals surface area (Å²) < 4.78 is 0. The van der Waals surface area contributed by atoms with E-state index in [1.807, 2.05) is 0 Å². The van der Waals surface area contributed by atoms with Crippen LogP contribution in [0, 0.1) is 5.92 Å². The fourth-order valence-electron chi connectivity index (χ4n) is 3.32. The number of hydrogen-bond acceptors (Lipinski definition) is 4. The standard InChI is InChI=1S/C19H22ClN3O2S/c20-16-8-4-7-15(11-16)18(25)23(12-14-5-2-1-3-6-14)13-17(24)22-19-21-9-10-26-19/h4,7-11,14H,1-3,5-6,12-13H2,(H,21,22,24). The Balaban J connectivity index is 1.71. The molecule has 0 radical (unpaired) electrons. The van der Waals surface area contributed by atoms with Crippen molar-refractivity contribution in [2.45, 2.75) is 32.1 Å². The molecular formula is C19H22ClN3O2S. The maximum absolute atomic E-state index is 13.0. The van der Waals surface area contributed by atoms with Crippen LogP contribution in [0.25, 0.3) is 0 Å². The molecule has 1 N–H and O–H groups in total. The second-order valence-corrected chi connectivity index (χ2v) is 7.92. The molecule has 7 heteroatoms. The van der Waals surface area contributed by atoms with Gasteiger partial charge < -0.3 is 10.2 Å². The lowest BCUT2D eigenvalue weighted by Gasteiger charge is -2.29. The first-order chi connectivity index (χ1) is 12.6. The van der Waals surface area contributed by atoms with Crippen molar-refractivity contribution < 1.29 is 9.59 Å². The van der Waals surface area contributed by atoms with Crippen molar-refractivity contribution in [1.29, 1.82) is 0 Å². The van der Waals surface area contributed by atoms with Gasteiger partial charge in [-0.3, -0.25) is 9.59 Å². The average molecular weight is 392 g/mol. The third-order valence-electron chi connectivity index (χ3n) is 4.58. The topological polar surface area (TPSA) is 62.3 Å². The van der Waals surface area contributed by atoms with E-state index >= 15 is 0 Å². The Morgan fingerprint density at radius 2 is 2.08 bits per heavy atom. The van der Waals surface area contributed by atoms with Gasteiger partial charge in [-0.15, -0.1) is 11.3 Å². The fraction of sp³-hybridized carbons (Fsp3) is 0.421. The van der Waals surface area contributed by atoms with Crippen LogP contribution in [0.2, 0.25) is 5.02 Å². The summed E-state index contributed by atoms with van der Waals surface area (Å²) in [5, 5.41) is 5.61. The minimum Gasteiger partial charge on any atom is -0.329 e. The zero-order valence-electron chi connectivity index (χ0n) is 14.5. The molecule has 1 heterocycles. The van der Waals surface area contributed by atoms with Crippen LogP contribution in [-0.2, 0) is 4.79 Å². The summed E-state index contributed by atoms with van der Waals surface area (Å²) >= 11 is 7.39. The lowest BCUT2D eigenvalue weighted by Crippen LogP contribution is -2.41. The molecule has 0 saturated heterocycles. The van der Waals surface area contributed by atoms with E-state index in [0.29, 0.717) is 28.2 Å². The normalized spacial score (nSPS) is 14.8. The fourth-order valence-corrected chi connectivity index (χ4v) is 4.06. The van der Waals surface area contributed by atoms with Gasteiger partial charge in [0.1, 0.15) is 6.54 Å². The Bertz CT molecular complexity index is 745. The zero-order chi connectivity index (χ0) is 18.4. The molecule has 1 aliphatic carbocycles. The summed E-state index contributed by atoms with van der Waals surface area (Å²) in [7, 11) is 0. The molecule has 2 amide bonds. The van der Waals surface area contributed by atoms with E-state index in [1.165, 1.54) is 30.6 Å². The van der Waals surface area contributed by atoms with Gasteiger partial charge in [0.25, 0.3) is 5.91 Å². The number of carbonyl (C=O) groups excluding carboxylic acids is 2. The van der Waals surface area contributed by atoms with Crippen LogP contribution in [-0.4, -0.2) is 34.8 Å². The minimum absolute atomic E-state index is 0.0153. The van der Waals surface area contributed by atoms with Crippen LogP contribution in [0.5, 0.6) is 0 Å². The molecule has 138 valence electrons. The molecule has 0 unspecified atom stereocenters. The van der Waals surface area contributed by atoms with Crippen molar-refractivity contribution in [3.63, 3.8) is 0 Å². The third kappa shape index (κ3) is 5.29. The van der Waals surface area contributed by atoms with E-state index < -0.39 is 0 Å². The van der Waals surface area contributed by atoms with E-state index in [4.69, 9.17) is 11.6 Å². The van der Waals surface area contributed by atoms with Crippen molar-refractivity contribution in [2.75, 3.05) is 18.4 Å². The predicted molar refractivity (Wildman–Crippen MR) is 105 cm³/mol. The number of amides is 2. The Labute approximate surface area is 162 Å². The van der Waals surface area contributed by atoms with Crippen molar-refractivity contribution in [3.8, 4) is 0 Å². The van der Waals surface area contributed by atoms with Crippen LogP contribution in [0.15, 0.2) is 35.8 Å². The first kappa shape index (κ1) is 18.9. The molecule has 3 rings (SSSR count). The number of anilines is 1. The summed E-state index contributed by atoms with van der Waals surface area (Å²) in [5.41, 5.74) is 0.510. The number of carbonyl (C=O) groups is 2. The summed E-state index contributed by atoms with van der Waals surface area (Å²) in [6, 6.07) is 6.88. The number of nitrogens with one attached hydrogen (secondary N) is 1. The van der Waals surface area contributed by atoms with Crippen LogP contribution < -0.4 is 5.32 Å². The number of benzene rings is 1. The maximum Gasteiger partial charge on any atom is 0.254 e. The van der Waals surface area contributed by atoms with E-state index in [0.717, 1.165) is 12.8 Å². The van der Waals surface area contributed by atoms with Crippen LogP contribution in [0.4, 0.5) is 5.13 Å². The highest BCUT2D eigenvalue weighted by Gasteiger charge is 2.24. The van der Waals surface area contributed by atoms with Gasteiger partial charge in [-0.1, -0.05) is 36.9 Å². The Kier molecular flexibility index (Phi) is 6.63. The maximum atomic E-state index is 13.0. The molecule has 0 bridgehead atoms. The molecule has 2 aromatic rings. The molecule has 0 spiro atoms. The van der Waals surface area contributed by atoms with Crippen LogP contribution in [0.3, 0.4) is 0 Å². The Morgan fingerprint density at radius 3 is 2.77 bits per heavy atom. The van der Waals surface area contributed by atoms with Gasteiger partial charge in [0.2, 0.25) is 5.91 Å². The highest BCUT2D eigenvalue weighted by molar-refractivity contribution is 7.13. The van der Waals surface area contributed by atoms with Gasteiger partial charge in [0.05, 0.1) is 0 Å². The lowest BCUT2D eigenvalue weighted by atomic mass is 9.89. The van der Waals surface area contributed by atoms with E-state index in [2.05, 4.69) is 10.3 Å². The third-order valence-corrected chi connectivity index (χ3v) is 5.50.